The molecule has 2 unspecified atom stereocenters. The fourth-order valence-corrected chi connectivity index (χ4v) is 1.16. The zero-order chi connectivity index (χ0) is 10.6. The van der Waals surface area contributed by atoms with E-state index in [0.29, 0.717) is 5.57 Å². The molecule has 0 bridgehead atoms. The van der Waals surface area contributed by atoms with Crippen molar-refractivity contribution < 1.29 is 14.6 Å². The number of nitrogens with zero attached hydrogens (tertiary/aromatic N) is 1. The summed E-state index contributed by atoms with van der Waals surface area (Å²) in [5.41, 5.74) is 0.631. The Balaban J connectivity index is 2.67. The third kappa shape index (κ3) is 2.50. The van der Waals surface area contributed by atoms with Crippen LogP contribution in [0.15, 0.2) is 29.0 Å². The van der Waals surface area contributed by atoms with E-state index in [1.165, 1.54) is 19.3 Å². The van der Waals surface area contributed by atoms with Crippen molar-refractivity contribution in [3.05, 3.63) is 28.7 Å². The summed E-state index contributed by atoms with van der Waals surface area (Å²) in [6.07, 6.45) is 3.68. The maximum atomic E-state index is 10.9. The molecule has 76 valence electrons. The molecule has 0 amide bonds. The van der Waals surface area contributed by atoms with E-state index < -0.39 is 12.1 Å². The van der Waals surface area contributed by atoms with Gasteiger partial charge in [0.1, 0.15) is 12.1 Å². The topological polar surface area (TPSA) is 76.0 Å². The molecule has 0 saturated heterocycles. The Labute approximate surface area is 81.0 Å². The molecule has 0 aromatic heterocycles. The van der Waals surface area contributed by atoms with Gasteiger partial charge < -0.3 is 9.84 Å². The van der Waals surface area contributed by atoms with Crippen LogP contribution in [0.3, 0.4) is 0 Å². The molecule has 0 aliphatic heterocycles. The second kappa shape index (κ2) is 4.66. The van der Waals surface area contributed by atoms with Crippen LogP contribution in [0.4, 0.5) is 0 Å². The van der Waals surface area contributed by atoms with Crippen molar-refractivity contribution in [2.24, 2.45) is 5.18 Å². The predicted molar refractivity (Wildman–Crippen MR) is 49.4 cm³/mol. The van der Waals surface area contributed by atoms with Gasteiger partial charge in [-0.05, 0) is 11.6 Å². The monoisotopic (exact) mass is 197 g/mol. The van der Waals surface area contributed by atoms with E-state index in [4.69, 9.17) is 0 Å². The molecule has 1 aliphatic rings. The second-order valence-corrected chi connectivity index (χ2v) is 2.94. The molecule has 0 heterocycles. The second-order valence-electron chi connectivity index (χ2n) is 2.94. The van der Waals surface area contributed by atoms with Gasteiger partial charge in [0.05, 0.1) is 13.5 Å². The molecule has 5 heteroatoms. The summed E-state index contributed by atoms with van der Waals surface area (Å²) in [6.45, 7) is 0. The maximum Gasteiger partial charge on any atom is 0.309 e. The third-order valence-corrected chi connectivity index (χ3v) is 1.94. The first-order valence-electron chi connectivity index (χ1n) is 4.13. The van der Waals surface area contributed by atoms with Gasteiger partial charge in [-0.3, -0.25) is 4.79 Å². The van der Waals surface area contributed by atoms with E-state index >= 15 is 0 Å². The number of hydrogen-bond donors (Lipinski definition) is 1. The summed E-state index contributed by atoms with van der Waals surface area (Å²) in [5.74, 6) is -0.387. The highest BCUT2D eigenvalue weighted by molar-refractivity contribution is 5.73. The van der Waals surface area contributed by atoms with E-state index in [1.54, 1.807) is 6.08 Å². The molecule has 1 rings (SSSR count). The molecule has 1 N–H and O–H groups in total. The summed E-state index contributed by atoms with van der Waals surface area (Å²) < 4.78 is 4.46. The van der Waals surface area contributed by atoms with Crippen LogP contribution in [0.1, 0.15) is 6.42 Å². The standard InChI is InChI=1S/C9H11NO4/c1-14-9(12)5-6-2-3-8(11)7(4-6)10-13/h2-4,7-8,11H,5H2,1H3. The van der Waals surface area contributed by atoms with Crippen molar-refractivity contribution in [3.8, 4) is 0 Å². The average Bonchev–Trinajstić information content (AvgIpc) is 2.20. The van der Waals surface area contributed by atoms with Crippen molar-refractivity contribution >= 4 is 5.97 Å². The number of aliphatic hydroxyl groups is 1. The number of hydrogen-bond acceptors (Lipinski definition) is 5. The predicted octanol–water partition coefficient (Wildman–Crippen LogP) is 0.542. The fraction of sp³-hybridized carbons (Fsp3) is 0.444. The van der Waals surface area contributed by atoms with Gasteiger partial charge >= 0.3 is 5.97 Å². The Hall–Kier alpha value is -1.49. The molecule has 5 nitrogen and oxygen atoms in total. The van der Waals surface area contributed by atoms with Gasteiger partial charge in [0, 0.05) is 0 Å². The number of ether oxygens (including phenoxy) is 1. The quantitative estimate of drug-likeness (QED) is 0.529. The van der Waals surface area contributed by atoms with Gasteiger partial charge in [0.2, 0.25) is 0 Å². The lowest BCUT2D eigenvalue weighted by molar-refractivity contribution is -0.139. The van der Waals surface area contributed by atoms with Gasteiger partial charge in [-0.1, -0.05) is 17.3 Å². The number of carbonyl (C=O) groups excluding carboxylic acids is 1. The smallest absolute Gasteiger partial charge is 0.309 e. The lowest BCUT2D eigenvalue weighted by atomic mass is 9.99. The molecular formula is C9H11NO4. The Morgan fingerprint density at radius 1 is 1.71 bits per heavy atom. The summed E-state index contributed by atoms with van der Waals surface area (Å²) in [7, 11) is 1.29. The Kier molecular flexibility index (Phi) is 3.53. The van der Waals surface area contributed by atoms with Crippen molar-refractivity contribution in [3.63, 3.8) is 0 Å². The van der Waals surface area contributed by atoms with Crippen LogP contribution in [-0.2, 0) is 9.53 Å². The molecule has 0 fully saturated rings. The molecule has 0 saturated carbocycles. The van der Waals surface area contributed by atoms with Gasteiger partial charge in [0.25, 0.3) is 0 Å². The highest BCUT2D eigenvalue weighted by Gasteiger charge is 2.19. The summed E-state index contributed by atoms with van der Waals surface area (Å²) in [6, 6.07) is -0.806. The SMILES string of the molecule is COC(=O)CC1=CC(N=O)C(O)C=C1. The van der Waals surface area contributed by atoms with Gasteiger partial charge in [-0.15, -0.1) is 0 Å². The highest BCUT2D eigenvalue weighted by Crippen LogP contribution is 2.16. The molecule has 2 atom stereocenters. The number of methoxy groups -OCH3 is 1. The van der Waals surface area contributed by atoms with Gasteiger partial charge in [-0.25, -0.2) is 0 Å². The number of rotatable bonds is 3. The summed E-state index contributed by atoms with van der Waals surface area (Å²) >= 11 is 0. The van der Waals surface area contributed by atoms with E-state index in [9.17, 15) is 14.8 Å². The molecule has 0 spiro atoms. The van der Waals surface area contributed by atoms with Gasteiger partial charge in [-0.2, -0.15) is 4.91 Å². The summed E-state index contributed by atoms with van der Waals surface area (Å²) in [5, 5.41) is 12.0. The Morgan fingerprint density at radius 3 is 3.00 bits per heavy atom. The number of carbonyl (C=O) groups is 1. The maximum absolute atomic E-state index is 10.9. The molecule has 14 heavy (non-hydrogen) atoms. The number of nitroso groups, excluding NO2 is 1. The van der Waals surface area contributed by atoms with E-state index in [0.717, 1.165) is 0 Å². The third-order valence-electron chi connectivity index (χ3n) is 1.94. The molecule has 1 aliphatic carbocycles. The van der Waals surface area contributed by atoms with E-state index in [-0.39, 0.29) is 12.4 Å². The molecular weight excluding hydrogens is 186 g/mol. The minimum atomic E-state index is -0.895. The van der Waals surface area contributed by atoms with E-state index in [2.05, 4.69) is 9.91 Å². The average molecular weight is 197 g/mol. The number of esters is 1. The zero-order valence-corrected chi connectivity index (χ0v) is 7.71. The van der Waals surface area contributed by atoms with Crippen LogP contribution >= 0.6 is 0 Å². The van der Waals surface area contributed by atoms with Crippen LogP contribution in [0.5, 0.6) is 0 Å². The molecule has 0 aromatic carbocycles. The van der Waals surface area contributed by atoms with E-state index in [1.807, 2.05) is 0 Å². The van der Waals surface area contributed by atoms with Crippen LogP contribution in [0, 0.1) is 4.91 Å². The first-order chi connectivity index (χ1) is 6.67. The van der Waals surface area contributed by atoms with Crippen molar-refractivity contribution in [1.29, 1.82) is 0 Å². The first-order valence-corrected chi connectivity index (χ1v) is 4.13. The van der Waals surface area contributed by atoms with Crippen LogP contribution < -0.4 is 0 Å². The van der Waals surface area contributed by atoms with Crippen LogP contribution in [-0.4, -0.2) is 30.3 Å². The Morgan fingerprint density at radius 2 is 2.43 bits per heavy atom. The Bertz CT molecular complexity index is 295. The van der Waals surface area contributed by atoms with Crippen LogP contribution in [0.25, 0.3) is 0 Å². The largest absolute Gasteiger partial charge is 0.469 e. The van der Waals surface area contributed by atoms with Crippen molar-refractivity contribution in [1.82, 2.24) is 0 Å². The number of aliphatic hydroxyl groups excluding tert-OH is 1. The first kappa shape index (κ1) is 10.6. The number of allylic oxidation sites excluding steroid dienone is 1. The van der Waals surface area contributed by atoms with Gasteiger partial charge in [0.15, 0.2) is 0 Å². The van der Waals surface area contributed by atoms with Crippen molar-refractivity contribution in [2.75, 3.05) is 7.11 Å². The van der Waals surface area contributed by atoms with Crippen molar-refractivity contribution in [2.45, 2.75) is 18.6 Å². The zero-order valence-electron chi connectivity index (χ0n) is 7.71. The minimum Gasteiger partial charge on any atom is -0.469 e. The molecule has 0 radical (unpaired) electrons. The summed E-state index contributed by atoms with van der Waals surface area (Å²) in [4.78, 5) is 21.2. The highest BCUT2D eigenvalue weighted by atomic mass is 16.5. The lowest BCUT2D eigenvalue weighted by Gasteiger charge is -2.15. The lowest BCUT2D eigenvalue weighted by Crippen LogP contribution is -2.22. The molecule has 0 aromatic rings. The van der Waals surface area contributed by atoms with Crippen LogP contribution in [0.2, 0.25) is 0 Å². The minimum absolute atomic E-state index is 0.0890. The fourth-order valence-electron chi connectivity index (χ4n) is 1.16. The normalized spacial score (nSPS) is 25.4.